The zero-order valence-electron chi connectivity index (χ0n) is 11.3. The molecule has 1 aromatic carbocycles. The van der Waals surface area contributed by atoms with Gasteiger partial charge in [-0.3, -0.25) is 0 Å². The minimum atomic E-state index is 0.458. The molecule has 0 spiro atoms. The molecule has 0 aliphatic carbocycles. The average molecular weight is 307 g/mol. The summed E-state index contributed by atoms with van der Waals surface area (Å²) in [7, 11) is 0. The Hall–Kier alpha value is -1.09. The molecule has 18 heavy (non-hydrogen) atoms. The van der Waals surface area contributed by atoms with E-state index in [0.29, 0.717) is 11.8 Å². The lowest BCUT2D eigenvalue weighted by atomic mass is 10.1. The van der Waals surface area contributed by atoms with Gasteiger partial charge in [0.05, 0.1) is 11.4 Å². The van der Waals surface area contributed by atoms with E-state index in [2.05, 4.69) is 78.6 Å². The normalized spacial score (nSPS) is 11.5. The standard InChI is InChI=1S/C15H19BrN2/c1-10(2)14-9-15(11(3)4)18(17-14)13-7-5-12(16)6-8-13/h5-11H,1-4H3. The molecule has 0 aliphatic heterocycles. The van der Waals surface area contributed by atoms with Crippen LogP contribution >= 0.6 is 15.9 Å². The fourth-order valence-corrected chi connectivity index (χ4v) is 2.16. The van der Waals surface area contributed by atoms with Crippen LogP contribution in [0.4, 0.5) is 0 Å². The third kappa shape index (κ3) is 2.66. The summed E-state index contributed by atoms with van der Waals surface area (Å²) in [5.74, 6) is 0.924. The number of rotatable bonds is 3. The highest BCUT2D eigenvalue weighted by Gasteiger charge is 2.14. The Morgan fingerprint density at radius 3 is 2.11 bits per heavy atom. The van der Waals surface area contributed by atoms with E-state index in [-0.39, 0.29) is 0 Å². The number of benzene rings is 1. The van der Waals surface area contributed by atoms with E-state index in [9.17, 15) is 0 Å². The summed E-state index contributed by atoms with van der Waals surface area (Å²) in [4.78, 5) is 0. The zero-order valence-corrected chi connectivity index (χ0v) is 12.9. The molecule has 0 fully saturated rings. The zero-order chi connectivity index (χ0) is 13.3. The highest BCUT2D eigenvalue weighted by molar-refractivity contribution is 9.10. The van der Waals surface area contributed by atoms with Crippen molar-refractivity contribution in [3.8, 4) is 5.69 Å². The van der Waals surface area contributed by atoms with Crippen molar-refractivity contribution in [3.05, 3.63) is 46.2 Å². The molecule has 0 atom stereocenters. The summed E-state index contributed by atoms with van der Waals surface area (Å²) >= 11 is 3.46. The van der Waals surface area contributed by atoms with Gasteiger partial charge in [0.1, 0.15) is 0 Å². The van der Waals surface area contributed by atoms with E-state index in [4.69, 9.17) is 5.10 Å². The van der Waals surface area contributed by atoms with Gasteiger partial charge >= 0.3 is 0 Å². The molecule has 0 radical (unpaired) electrons. The van der Waals surface area contributed by atoms with Gasteiger partial charge in [0.15, 0.2) is 0 Å². The lowest BCUT2D eigenvalue weighted by Gasteiger charge is -2.09. The molecule has 0 unspecified atom stereocenters. The van der Waals surface area contributed by atoms with Crippen molar-refractivity contribution >= 4 is 15.9 Å². The first kappa shape index (κ1) is 13.3. The summed E-state index contributed by atoms with van der Waals surface area (Å²) in [6.07, 6.45) is 0. The van der Waals surface area contributed by atoms with Crippen molar-refractivity contribution in [1.29, 1.82) is 0 Å². The van der Waals surface area contributed by atoms with Crippen LogP contribution in [0.5, 0.6) is 0 Å². The Morgan fingerprint density at radius 1 is 1.00 bits per heavy atom. The second-order valence-corrected chi connectivity index (χ2v) is 6.11. The Balaban J connectivity index is 2.51. The van der Waals surface area contributed by atoms with E-state index in [0.717, 1.165) is 15.9 Å². The Bertz CT molecular complexity index is 524. The fourth-order valence-electron chi connectivity index (χ4n) is 1.90. The lowest BCUT2D eigenvalue weighted by molar-refractivity contribution is 0.714. The SMILES string of the molecule is CC(C)c1cc(C(C)C)n(-c2ccc(Br)cc2)n1. The molecule has 3 heteroatoms. The Morgan fingerprint density at radius 2 is 1.61 bits per heavy atom. The minimum Gasteiger partial charge on any atom is -0.237 e. The highest BCUT2D eigenvalue weighted by Crippen LogP contribution is 2.24. The summed E-state index contributed by atoms with van der Waals surface area (Å²) in [6.45, 7) is 8.77. The van der Waals surface area contributed by atoms with Gasteiger partial charge in [0.2, 0.25) is 0 Å². The maximum Gasteiger partial charge on any atom is 0.0657 e. The molecule has 2 rings (SSSR count). The lowest BCUT2D eigenvalue weighted by Crippen LogP contribution is -2.03. The van der Waals surface area contributed by atoms with E-state index in [1.54, 1.807) is 0 Å². The fraction of sp³-hybridized carbons (Fsp3) is 0.400. The molecule has 0 saturated heterocycles. The maximum absolute atomic E-state index is 4.73. The molecule has 0 aliphatic rings. The van der Waals surface area contributed by atoms with Gasteiger partial charge in [-0.25, -0.2) is 4.68 Å². The minimum absolute atomic E-state index is 0.458. The van der Waals surface area contributed by atoms with Gasteiger partial charge in [0, 0.05) is 10.2 Å². The van der Waals surface area contributed by atoms with Crippen LogP contribution in [-0.4, -0.2) is 9.78 Å². The van der Waals surface area contributed by atoms with Crippen LogP contribution in [0.25, 0.3) is 5.69 Å². The van der Waals surface area contributed by atoms with Crippen LogP contribution in [0.1, 0.15) is 50.9 Å². The van der Waals surface area contributed by atoms with Gasteiger partial charge in [-0.15, -0.1) is 0 Å². The smallest absolute Gasteiger partial charge is 0.0657 e. The number of aromatic nitrogens is 2. The number of hydrogen-bond acceptors (Lipinski definition) is 1. The van der Waals surface area contributed by atoms with Gasteiger partial charge in [-0.05, 0) is 42.2 Å². The molecule has 2 aromatic rings. The van der Waals surface area contributed by atoms with Crippen molar-refractivity contribution in [2.45, 2.75) is 39.5 Å². The third-order valence-corrected chi connectivity index (χ3v) is 3.54. The highest BCUT2D eigenvalue weighted by atomic mass is 79.9. The summed E-state index contributed by atoms with van der Waals surface area (Å²) in [5.41, 5.74) is 3.54. The number of halogens is 1. The van der Waals surface area contributed by atoms with E-state index < -0.39 is 0 Å². The largest absolute Gasteiger partial charge is 0.237 e. The monoisotopic (exact) mass is 306 g/mol. The first-order valence-electron chi connectivity index (χ1n) is 6.35. The van der Waals surface area contributed by atoms with Crippen LogP contribution in [0.3, 0.4) is 0 Å². The number of nitrogens with zero attached hydrogens (tertiary/aromatic N) is 2. The summed E-state index contributed by atoms with van der Waals surface area (Å²) < 4.78 is 3.15. The maximum atomic E-state index is 4.73. The topological polar surface area (TPSA) is 17.8 Å². The molecule has 0 amide bonds. The van der Waals surface area contributed by atoms with Crippen LogP contribution in [0.2, 0.25) is 0 Å². The van der Waals surface area contributed by atoms with Crippen molar-refractivity contribution in [3.63, 3.8) is 0 Å². The molecule has 0 saturated carbocycles. The van der Waals surface area contributed by atoms with Crippen LogP contribution in [0.15, 0.2) is 34.8 Å². The number of hydrogen-bond donors (Lipinski definition) is 0. The second kappa shape index (κ2) is 5.27. The Kier molecular flexibility index (Phi) is 3.91. The van der Waals surface area contributed by atoms with E-state index in [1.807, 2.05) is 0 Å². The molecular weight excluding hydrogens is 288 g/mol. The first-order chi connectivity index (χ1) is 8.49. The van der Waals surface area contributed by atoms with Crippen molar-refractivity contribution in [2.24, 2.45) is 0 Å². The molecular formula is C15H19BrN2. The average Bonchev–Trinajstić information content (AvgIpc) is 2.75. The van der Waals surface area contributed by atoms with Crippen LogP contribution < -0.4 is 0 Å². The molecule has 1 heterocycles. The molecule has 0 bridgehead atoms. The quantitative estimate of drug-likeness (QED) is 0.790. The van der Waals surface area contributed by atoms with Crippen molar-refractivity contribution in [1.82, 2.24) is 9.78 Å². The Labute approximate surface area is 117 Å². The molecule has 0 N–H and O–H groups in total. The van der Waals surface area contributed by atoms with Crippen molar-refractivity contribution < 1.29 is 0 Å². The summed E-state index contributed by atoms with van der Waals surface area (Å²) in [6, 6.07) is 10.5. The second-order valence-electron chi connectivity index (χ2n) is 5.19. The predicted molar refractivity (Wildman–Crippen MR) is 79.4 cm³/mol. The van der Waals surface area contributed by atoms with Crippen molar-refractivity contribution in [2.75, 3.05) is 0 Å². The molecule has 2 nitrogen and oxygen atoms in total. The van der Waals surface area contributed by atoms with E-state index in [1.165, 1.54) is 5.69 Å². The van der Waals surface area contributed by atoms with Gasteiger partial charge < -0.3 is 0 Å². The van der Waals surface area contributed by atoms with Gasteiger partial charge in [-0.2, -0.15) is 5.10 Å². The van der Waals surface area contributed by atoms with Gasteiger partial charge in [-0.1, -0.05) is 43.6 Å². The van der Waals surface area contributed by atoms with Crippen LogP contribution in [-0.2, 0) is 0 Å². The third-order valence-electron chi connectivity index (χ3n) is 3.01. The van der Waals surface area contributed by atoms with Gasteiger partial charge in [0.25, 0.3) is 0 Å². The molecule has 96 valence electrons. The van der Waals surface area contributed by atoms with Crippen LogP contribution in [0, 0.1) is 0 Å². The first-order valence-corrected chi connectivity index (χ1v) is 7.14. The van der Waals surface area contributed by atoms with E-state index >= 15 is 0 Å². The molecule has 1 aromatic heterocycles. The predicted octanol–water partition coefficient (Wildman–Crippen LogP) is 4.88. The summed E-state index contributed by atoms with van der Waals surface area (Å²) in [5, 5.41) is 4.73.